The second-order valence-electron chi connectivity index (χ2n) is 4.27. The van der Waals surface area contributed by atoms with Crippen LogP contribution in [0.15, 0.2) is 35.4 Å². The standard InChI is InChI=1S/C13H20N4/c1-2-3-9-13(16-17-15)12(14)10-11-7-5-4-6-8-11/h4-8,12-13H,2-3,9-10,14H2,1H3/t12-,13-/m0/s1. The lowest BCUT2D eigenvalue weighted by atomic mass is 9.97. The van der Waals surface area contributed by atoms with E-state index in [1.165, 1.54) is 5.56 Å². The van der Waals surface area contributed by atoms with Crippen molar-refractivity contribution in [1.82, 2.24) is 0 Å². The zero-order valence-corrected chi connectivity index (χ0v) is 10.3. The Bertz CT molecular complexity index is 357. The highest BCUT2D eigenvalue weighted by Gasteiger charge is 2.16. The topological polar surface area (TPSA) is 74.8 Å². The van der Waals surface area contributed by atoms with Gasteiger partial charge in [-0.3, -0.25) is 0 Å². The Balaban J connectivity index is 2.58. The molecule has 0 saturated carbocycles. The second-order valence-corrected chi connectivity index (χ2v) is 4.27. The molecule has 0 radical (unpaired) electrons. The number of benzene rings is 1. The number of hydrogen-bond acceptors (Lipinski definition) is 2. The fraction of sp³-hybridized carbons (Fsp3) is 0.538. The smallest absolute Gasteiger partial charge is 0.0528 e. The zero-order valence-electron chi connectivity index (χ0n) is 10.3. The molecule has 0 aliphatic rings. The van der Waals surface area contributed by atoms with E-state index in [0.717, 1.165) is 25.7 Å². The Morgan fingerprint density at radius 1 is 1.35 bits per heavy atom. The Morgan fingerprint density at radius 2 is 2.06 bits per heavy atom. The molecule has 0 aliphatic heterocycles. The molecule has 0 aromatic heterocycles. The van der Waals surface area contributed by atoms with Crippen LogP contribution in [0.3, 0.4) is 0 Å². The first-order chi connectivity index (χ1) is 8.27. The van der Waals surface area contributed by atoms with Crippen LogP contribution in [0.4, 0.5) is 0 Å². The van der Waals surface area contributed by atoms with Gasteiger partial charge in [0.2, 0.25) is 0 Å². The summed E-state index contributed by atoms with van der Waals surface area (Å²) in [7, 11) is 0. The average molecular weight is 232 g/mol. The van der Waals surface area contributed by atoms with E-state index in [2.05, 4.69) is 16.9 Å². The minimum absolute atomic E-state index is 0.0971. The zero-order chi connectivity index (χ0) is 12.5. The molecule has 92 valence electrons. The van der Waals surface area contributed by atoms with Gasteiger partial charge in [-0.2, -0.15) is 0 Å². The molecule has 0 spiro atoms. The van der Waals surface area contributed by atoms with E-state index in [0.29, 0.717) is 0 Å². The van der Waals surface area contributed by atoms with E-state index < -0.39 is 0 Å². The molecule has 0 aliphatic carbocycles. The Morgan fingerprint density at radius 3 is 2.65 bits per heavy atom. The third-order valence-corrected chi connectivity index (χ3v) is 2.86. The lowest BCUT2D eigenvalue weighted by Gasteiger charge is -2.19. The van der Waals surface area contributed by atoms with Gasteiger partial charge >= 0.3 is 0 Å². The molecule has 4 heteroatoms. The molecule has 1 aromatic carbocycles. The maximum absolute atomic E-state index is 8.55. The largest absolute Gasteiger partial charge is 0.327 e. The summed E-state index contributed by atoms with van der Waals surface area (Å²) in [4.78, 5) is 2.90. The van der Waals surface area contributed by atoms with Gasteiger partial charge in [0, 0.05) is 11.0 Å². The fourth-order valence-corrected chi connectivity index (χ4v) is 1.86. The number of nitrogens with two attached hydrogens (primary N) is 1. The highest BCUT2D eigenvalue weighted by atomic mass is 15.2. The molecule has 2 atom stereocenters. The predicted molar refractivity (Wildman–Crippen MR) is 70.6 cm³/mol. The quantitative estimate of drug-likeness (QED) is 0.436. The van der Waals surface area contributed by atoms with Gasteiger partial charge in [0.05, 0.1) is 6.04 Å². The van der Waals surface area contributed by atoms with Crippen molar-refractivity contribution in [3.63, 3.8) is 0 Å². The van der Waals surface area contributed by atoms with Crippen LogP contribution in [0.5, 0.6) is 0 Å². The van der Waals surface area contributed by atoms with Gasteiger partial charge in [-0.05, 0) is 23.9 Å². The van der Waals surface area contributed by atoms with E-state index in [-0.39, 0.29) is 12.1 Å². The van der Waals surface area contributed by atoms with Crippen LogP contribution in [-0.4, -0.2) is 12.1 Å². The predicted octanol–water partition coefficient (Wildman–Crippen LogP) is 3.43. The van der Waals surface area contributed by atoms with Crippen LogP contribution < -0.4 is 5.73 Å². The summed E-state index contributed by atoms with van der Waals surface area (Å²) in [6.07, 6.45) is 3.77. The lowest BCUT2D eigenvalue weighted by Crippen LogP contribution is -2.35. The first-order valence-electron chi connectivity index (χ1n) is 6.11. The van der Waals surface area contributed by atoms with Crippen molar-refractivity contribution in [1.29, 1.82) is 0 Å². The molecule has 0 unspecified atom stereocenters. The first-order valence-corrected chi connectivity index (χ1v) is 6.11. The summed E-state index contributed by atoms with van der Waals surface area (Å²) in [6.45, 7) is 2.12. The molecular weight excluding hydrogens is 212 g/mol. The Kier molecular flexibility index (Phi) is 6.15. The van der Waals surface area contributed by atoms with Crippen molar-refractivity contribution in [2.24, 2.45) is 10.8 Å². The van der Waals surface area contributed by atoms with Gasteiger partial charge in [-0.15, -0.1) is 0 Å². The summed E-state index contributed by atoms with van der Waals surface area (Å²) in [5, 5.41) is 3.81. The van der Waals surface area contributed by atoms with E-state index in [1.807, 2.05) is 30.3 Å². The number of hydrogen-bond donors (Lipinski definition) is 1. The van der Waals surface area contributed by atoms with Crippen molar-refractivity contribution in [3.05, 3.63) is 46.3 Å². The lowest BCUT2D eigenvalue weighted by molar-refractivity contribution is 0.475. The van der Waals surface area contributed by atoms with Gasteiger partial charge in [-0.25, -0.2) is 0 Å². The molecule has 0 bridgehead atoms. The van der Waals surface area contributed by atoms with Crippen LogP contribution in [0.1, 0.15) is 31.7 Å². The minimum Gasteiger partial charge on any atom is -0.327 e. The minimum atomic E-state index is -0.0974. The summed E-state index contributed by atoms with van der Waals surface area (Å²) in [5.74, 6) is 0. The van der Waals surface area contributed by atoms with Crippen molar-refractivity contribution in [3.8, 4) is 0 Å². The summed E-state index contributed by atoms with van der Waals surface area (Å²) < 4.78 is 0. The summed E-state index contributed by atoms with van der Waals surface area (Å²) in [6, 6.07) is 9.88. The van der Waals surface area contributed by atoms with Crippen LogP contribution >= 0.6 is 0 Å². The van der Waals surface area contributed by atoms with Gasteiger partial charge < -0.3 is 5.73 Å². The third-order valence-electron chi connectivity index (χ3n) is 2.86. The Hall–Kier alpha value is -1.51. The molecule has 1 rings (SSSR count). The van der Waals surface area contributed by atoms with Crippen molar-refractivity contribution < 1.29 is 0 Å². The van der Waals surface area contributed by atoms with Gasteiger partial charge in [0.1, 0.15) is 0 Å². The monoisotopic (exact) mass is 232 g/mol. The molecule has 1 aromatic rings. The highest BCUT2D eigenvalue weighted by Crippen LogP contribution is 2.12. The molecular formula is C13H20N4. The van der Waals surface area contributed by atoms with Crippen LogP contribution in [0.2, 0.25) is 0 Å². The molecule has 2 N–H and O–H groups in total. The highest BCUT2D eigenvalue weighted by molar-refractivity contribution is 5.16. The van der Waals surface area contributed by atoms with Crippen molar-refractivity contribution >= 4 is 0 Å². The molecule has 0 saturated heterocycles. The first kappa shape index (κ1) is 13.6. The number of azide groups is 1. The van der Waals surface area contributed by atoms with E-state index in [1.54, 1.807) is 0 Å². The summed E-state index contributed by atoms with van der Waals surface area (Å²) in [5.41, 5.74) is 15.9. The number of unbranched alkanes of at least 4 members (excludes halogenated alkanes) is 1. The average Bonchev–Trinajstić information content (AvgIpc) is 2.35. The third kappa shape index (κ3) is 4.89. The SMILES string of the molecule is CCCC[C@H](N=[N+]=[N-])[C@@H](N)Cc1ccccc1. The van der Waals surface area contributed by atoms with Gasteiger partial charge in [0.15, 0.2) is 0 Å². The normalized spacial score (nSPS) is 13.8. The fourth-order valence-electron chi connectivity index (χ4n) is 1.86. The maximum atomic E-state index is 8.55. The van der Waals surface area contributed by atoms with Crippen molar-refractivity contribution in [2.75, 3.05) is 0 Å². The maximum Gasteiger partial charge on any atom is 0.0528 e. The van der Waals surface area contributed by atoms with Crippen LogP contribution in [0.25, 0.3) is 10.4 Å². The molecule has 0 fully saturated rings. The molecule has 17 heavy (non-hydrogen) atoms. The summed E-state index contributed by atoms with van der Waals surface area (Å²) >= 11 is 0. The van der Waals surface area contributed by atoms with E-state index in [4.69, 9.17) is 11.3 Å². The van der Waals surface area contributed by atoms with Gasteiger partial charge in [-0.1, -0.05) is 55.2 Å². The number of rotatable bonds is 7. The second kappa shape index (κ2) is 7.71. The molecule has 0 amide bonds. The molecule has 4 nitrogen and oxygen atoms in total. The number of nitrogens with zero attached hydrogens (tertiary/aromatic N) is 3. The van der Waals surface area contributed by atoms with Crippen molar-refractivity contribution in [2.45, 2.75) is 44.7 Å². The molecule has 0 heterocycles. The van der Waals surface area contributed by atoms with Crippen LogP contribution in [-0.2, 0) is 6.42 Å². The van der Waals surface area contributed by atoms with Gasteiger partial charge in [0.25, 0.3) is 0 Å². The van der Waals surface area contributed by atoms with E-state index >= 15 is 0 Å². The Labute approximate surface area is 102 Å². The van der Waals surface area contributed by atoms with Crippen LogP contribution in [0, 0.1) is 0 Å². The van der Waals surface area contributed by atoms with E-state index in [9.17, 15) is 0 Å².